The quantitative estimate of drug-likeness (QED) is 0.859. The molecule has 6 nitrogen and oxygen atoms in total. The van der Waals surface area contributed by atoms with E-state index in [4.69, 9.17) is 16.3 Å². The summed E-state index contributed by atoms with van der Waals surface area (Å²) in [7, 11) is 5.66. The topological polar surface area (TPSA) is 52.3 Å². The zero-order chi connectivity index (χ0) is 16.6. The molecular weight excluding hydrogens is 316 g/mol. The number of amides is 1. The molecule has 1 amide bonds. The molecule has 0 saturated carbocycles. The van der Waals surface area contributed by atoms with Gasteiger partial charge in [-0.1, -0.05) is 11.6 Å². The van der Waals surface area contributed by atoms with Crippen LogP contribution in [0.2, 0.25) is 5.02 Å². The van der Waals surface area contributed by atoms with Gasteiger partial charge in [0.2, 0.25) is 5.91 Å². The highest BCUT2D eigenvalue weighted by Gasteiger charge is 2.38. The summed E-state index contributed by atoms with van der Waals surface area (Å²) in [5.41, 5.74) is 0.998. The Bertz CT molecular complexity index is 709. The molecule has 23 heavy (non-hydrogen) atoms. The van der Waals surface area contributed by atoms with Crippen LogP contribution in [0.3, 0.4) is 0 Å². The summed E-state index contributed by atoms with van der Waals surface area (Å²) in [5, 5.41) is 0.679. The van der Waals surface area contributed by atoms with Gasteiger partial charge in [-0.05, 0) is 12.5 Å². The number of aryl methyl sites for hydroxylation is 2. The zero-order valence-corrected chi connectivity index (χ0v) is 14.3. The van der Waals surface area contributed by atoms with E-state index >= 15 is 0 Å². The molecule has 1 saturated heterocycles. The molecule has 0 N–H and O–H groups in total. The lowest BCUT2D eigenvalue weighted by Crippen LogP contribution is -2.34. The van der Waals surface area contributed by atoms with Gasteiger partial charge in [-0.3, -0.25) is 4.79 Å². The molecule has 0 spiro atoms. The minimum Gasteiger partial charge on any atom is -0.369 e. The third-order valence-electron chi connectivity index (χ3n) is 4.37. The van der Waals surface area contributed by atoms with E-state index in [1.165, 1.54) is 0 Å². The van der Waals surface area contributed by atoms with E-state index < -0.39 is 0 Å². The van der Waals surface area contributed by atoms with Gasteiger partial charge in [0, 0.05) is 52.0 Å². The van der Waals surface area contributed by atoms with E-state index in [9.17, 15) is 4.79 Å². The Labute approximate surface area is 140 Å². The Kier molecular flexibility index (Phi) is 4.46. The number of rotatable bonds is 4. The Morgan fingerprint density at radius 2 is 2.26 bits per heavy atom. The van der Waals surface area contributed by atoms with Crippen LogP contribution in [0.5, 0.6) is 0 Å². The third kappa shape index (κ3) is 3.14. The van der Waals surface area contributed by atoms with Crippen LogP contribution in [0.25, 0.3) is 0 Å². The van der Waals surface area contributed by atoms with Crippen LogP contribution in [0, 0.1) is 5.92 Å². The standard InChI is InChI=1S/C16H21ClN4O2/c1-19-6-5-18-15(19)14-13(4-7-23-14)16(22)21(3)10-12-8-11(17)9-20(12)2/h5-6,8-9,13-14H,4,7,10H2,1-3H3/t13-,14-/m1/s1. The molecule has 2 aromatic heterocycles. The maximum absolute atomic E-state index is 12.9. The van der Waals surface area contributed by atoms with Crippen LogP contribution in [0.4, 0.5) is 0 Å². The van der Waals surface area contributed by atoms with E-state index in [2.05, 4.69) is 4.98 Å². The van der Waals surface area contributed by atoms with Crippen molar-refractivity contribution in [3.8, 4) is 0 Å². The van der Waals surface area contributed by atoms with E-state index in [0.717, 1.165) is 11.5 Å². The maximum Gasteiger partial charge on any atom is 0.228 e. The molecule has 124 valence electrons. The molecule has 0 bridgehead atoms. The van der Waals surface area contributed by atoms with Gasteiger partial charge in [0.1, 0.15) is 11.9 Å². The van der Waals surface area contributed by atoms with Crippen LogP contribution in [-0.2, 0) is 30.2 Å². The van der Waals surface area contributed by atoms with Crippen molar-refractivity contribution in [3.63, 3.8) is 0 Å². The molecule has 2 atom stereocenters. The average Bonchev–Trinajstić information content (AvgIpc) is 3.19. The van der Waals surface area contributed by atoms with Gasteiger partial charge in [0.05, 0.1) is 17.5 Å². The Morgan fingerprint density at radius 3 is 2.87 bits per heavy atom. The molecule has 0 aromatic carbocycles. The molecule has 0 radical (unpaired) electrons. The van der Waals surface area contributed by atoms with Crippen molar-refractivity contribution in [1.29, 1.82) is 0 Å². The summed E-state index contributed by atoms with van der Waals surface area (Å²) in [6.45, 7) is 1.10. The van der Waals surface area contributed by atoms with Gasteiger partial charge in [-0.2, -0.15) is 0 Å². The predicted octanol–water partition coefficient (Wildman–Crippen LogP) is 2.15. The van der Waals surface area contributed by atoms with Gasteiger partial charge < -0.3 is 18.8 Å². The molecule has 1 aliphatic rings. The Hall–Kier alpha value is -1.79. The highest BCUT2D eigenvalue weighted by Crippen LogP contribution is 2.34. The molecule has 3 heterocycles. The zero-order valence-electron chi connectivity index (χ0n) is 13.6. The van der Waals surface area contributed by atoms with Crippen LogP contribution < -0.4 is 0 Å². The van der Waals surface area contributed by atoms with Crippen molar-refractivity contribution < 1.29 is 9.53 Å². The first-order valence-electron chi connectivity index (χ1n) is 7.62. The lowest BCUT2D eigenvalue weighted by atomic mass is 9.99. The van der Waals surface area contributed by atoms with Crippen LogP contribution in [-0.4, -0.2) is 38.6 Å². The number of imidazole rings is 1. The Balaban J connectivity index is 1.73. The predicted molar refractivity (Wildman–Crippen MR) is 86.9 cm³/mol. The van der Waals surface area contributed by atoms with Crippen molar-refractivity contribution in [3.05, 3.63) is 41.2 Å². The molecule has 7 heteroatoms. The summed E-state index contributed by atoms with van der Waals surface area (Å²) in [6.07, 6.45) is 5.88. The summed E-state index contributed by atoms with van der Waals surface area (Å²) in [4.78, 5) is 18.9. The molecule has 1 fully saturated rings. The van der Waals surface area contributed by atoms with Crippen LogP contribution in [0.1, 0.15) is 24.0 Å². The second kappa shape index (κ2) is 6.37. The molecule has 0 aliphatic carbocycles. The maximum atomic E-state index is 12.9. The number of carbonyl (C=O) groups excluding carboxylic acids is 1. The fraction of sp³-hybridized carbons (Fsp3) is 0.500. The number of nitrogens with zero attached hydrogens (tertiary/aromatic N) is 4. The number of carbonyl (C=O) groups is 1. The minimum absolute atomic E-state index is 0.0767. The van der Waals surface area contributed by atoms with Crippen LogP contribution >= 0.6 is 11.6 Å². The SMILES string of the molecule is CN(Cc1cc(Cl)cn1C)C(=O)[C@@H]1CCO[C@H]1c1nccn1C. The fourth-order valence-corrected chi connectivity index (χ4v) is 3.35. The average molecular weight is 337 g/mol. The molecular formula is C16H21ClN4O2. The van der Waals surface area contributed by atoms with Crippen molar-refractivity contribution in [2.75, 3.05) is 13.7 Å². The van der Waals surface area contributed by atoms with Gasteiger partial charge in [-0.15, -0.1) is 0 Å². The van der Waals surface area contributed by atoms with Gasteiger partial charge in [0.25, 0.3) is 0 Å². The van der Waals surface area contributed by atoms with E-state index in [-0.39, 0.29) is 17.9 Å². The minimum atomic E-state index is -0.276. The van der Waals surface area contributed by atoms with Crippen LogP contribution in [0.15, 0.2) is 24.7 Å². The second-order valence-corrected chi connectivity index (χ2v) is 6.47. The lowest BCUT2D eigenvalue weighted by Gasteiger charge is -2.24. The molecule has 0 unspecified atom stereocenters. The first-order chi connectivity index (χ1) is 11.0. The highest BCUT2D eigenvalue weighted by atomic mass is 35.5. The number of aromatic nitrogens is 3. The van der Waals surface area contributed by atoms with Crippen molar-refractivity contribution in [2.45, 2.75) is 19.1 Å². The first-order valence-corrected chi connectivity index (χ1v) is 7.99. The first kappa shape index (κ1) is 16.1. The summed E-state index contributed by atoms with van der Waals surface area (Å²) >= 11 is 6.01. The molecule has 1 aliphatic heterocycles. The van der Waals surface area contributed by atoms with Crippen molar-refractivity contribution in [2.24, 2.45) is 20.0 Å². The van der Waals surface area contributed by atoms with Gasteiger partial charge in [-0.25, -0.2) is 4.98 Å². The van der Waals surface area contributed by atoms with E-state index in [1.54, 1.807) is 11.1 Å². The Morgan fingerprint density at radius 1 is 1.48 bits per heavy atom. The number of hydrogen-bond donors (Lipinski definition) is 0. The monoisotopic (exact) mass is 336 g/mol. The highest BCUT2D eigenvalue weighted by molar-refractivity contribution is 6.30. The number of ether oxygens (including phenoxy) is 1. The summed E-state index contributed by atoms with van der Waals surface area (Å²) < 4.78 is 9.63. The molecule has 3 rings (SSSR count). The van der Waals surface area contributed by atoms with Crippen molar-refractivity contribution in [1.82, 2.24) is 19.0 Å². The summed E-state index contributed by atoms with van der Waals surface area (Å²) in [6, 6.07) is 1.88. The van der Waals surface area contributed by atoms with Crippen molar-refractivity contribution >= 4 is 17.5 Å². The largest absolute Gasteiger partial charge is 0.369 e. The molecule has 2 aromatic rings. The fourth-order valence-electron chi connectivity index (χ4n) is 3.08. The number of halogens is 1. The van der Waals surface area contributed by atoms with E-state index in [0.29, 0.717) is 24.6 Å². The van der Waals surface area contributed by atoms with E-state index in [1.807, 2.05) is 48.7 Å². The normalized spacial score (nSPS) is 20.9. The lowest BCUT2D eigenvalue weighted by molar-refractivity contribution is -0.136. The smallest absolute Gasteiger partial charge is 0.228 e. The number of hydrogen-bond acceptors (Lipinski definition) is 3. The second-order valence-electron chi connectivity index (χ2n) is 6.04. The summed E-state index contributed by atoms with van der Waals surface area (Å²) in [5.74, 6) is 0.681. The van der Waals surface area contributed by atoms with Gasteiger partial charge >= 0.3 is 0 Å². The third-order valence-corrected chi connectivity index (χ3v) is 4.58. The van der Waals surface area contributed by atoms with Gasteiger partial charge in [0.15, 0.2) is 0 Å².